The van der Waals surface area contributed by atoms with Crippen molar-refractivity contribution in [2.24, 2.45) is 0 Å². The van der Waals surface area contributed by atoms with Crippen LogP contribution in [-0.4, -0.2) is 0 Å². The molecule has 9 aromatic rings. The summed E-state index contributed by atoms with van der Waals surface area (Å²) in [5.74, 6) is 0. The topological polar surface area (TPSA) is 0 Å². The summed E-state index contributed by atoms with van der Waals surface area (Å²) in [4.78, 5) is 0. The van der Waals surface area contributed by atoms with E-state index >= 15 is 0 Å². The van der Waals surface area contributed by atoms with E-state index in [1.807, 2.05) is 0 Å². The fourth-order valence-corrected chi connectivity index (χ4v) is 10.3. The fraction of sp³-hybridized carbons (Fsp3) is 0.111. The summed E-state index contributed by atoms with van der Waals surface area (Å²) in [5.41, 5.74) is 18.6. The van der Waals surface area contributed by atoms with Gasteiger partial charge in [0, 0.05) is 10.8 Å². The molecule has 0 atom stereocenters. The summed E-state index contributed by atoms with van der Waals surface area (Å²) in [6.07, 6.45) is 0. The van der Waals surface area contributed by atoms with Gasteiger partial charge in [0.15, 0.2) is 0 Å². The third kappa shape index (κ3) is 4.20. The first kappa shape index (κ1) is 31.3. The van der Waals surface area contributed by atoms with Crippen LogP contribution >= 0.6 is 0 Å². The highest BCUT2D eigenvalue weighted by Gasteiger charge is 2.39. The van der Waals surface area contributed by atoms with Crippen molar-refractivity contribution >= 4 is 32.3 Å². The second kappa shape index (κ2) is 11.1. The maximum atomic E-state index is 2.50. The van der Waals surface area contributed by atoms with Crippen LogP contribution in [0, 0.1) is 0 Å². The van der Waals surface area contributed by atoms with Gasteiger partial charge in [-0.2, -0.15) is 0 Å². The molecule has 9 aromatic carbocycles. The minimum absolute atomic E-state index is 0.0537. The van der Waals surface area contributed by atoms with Gasteiger partial charge in [-0.05, 0) is 128 Å². The van der Waals surface area contributed by atoms with Gasteiger partial charge in [-0.1, -0.05) is 179 Å². The van der Waals surface area contributed by atoms with Crippen LogP contribution in [0.1, 0.15) is 49.9 Å². The molecule has 0 radical (unpaired) electrons. The smallest absolute Gasteiger partial charge is 0.0165 e. The predicted octanol–water partition coefficient (Wildman–Crippen LogP) is 14.8. The molecule has 0 amide bonds. The Morgan fingerprint density at radius 3 is 1.37 bits per heavy atom. The highest BCUT2D eigenvalue weighted by atomic mass is 14.4. The lowest BCUT2D eigenvalue weighted by molar-refractivity contribution is 0.661. The van der Waals surface area contributed by atoms with Gasteiger partial charge in [-0.15, -0.1) is 0 Å². The molecule has 11 rings (SSSR count). The van der Waals surface area contributed by atoms with Gasteiger partial charge >= 0.3 is 0 Å². The van der Waals surface area contributed by atoms with Gasteiger partial charge < -0.3 is 0 Å². The maximum absolute atomic E-state index is 2.50. The van der Waals surface area contributed by atoms with Crippen molar-refractivity contribution in [2.45, 2.75) is 38.5 Å². The average Bonchev–Trinajstić information content (AvgIpc) is 3.58. The first-order chi connectivity index (χ1) is 26.3. The number of hydrogen-bond donors (Lipinski definition) is 0. The highest BCUT2D eigenvalue weighted by Crippen LogP contribution is 2.55. The van der Waals surface area contributed by atoms with Gasteiger partial charge in [0.1, 0.15) is 0 Å². The summed E-state index contributed by atoms with van der Waals surface area (Å²) >= 11 is 0. The van der Waals surface area contributed by atoms with E-state index in [0.29, 0.717) is 0 Å². The lowest BCUT2D eigenvalue weighted by atomic mass is 9.78. The van der Waals surface area contributed by atoms with E-state index in [0.717, 1.165) is 0 Å². The van der Waals surface area contributed by atoms with Crippen LogP contribution in [-0.2, 0) is 10.8 Å². The Bertz CT molecular complexity index is 2970. The number of rotatable bonds is 3. The zero-order valence-electron chi connectivity index (χ0n) is 31.2. The first-order valence-corrected chi connectivity index (χ1v) is 19.3. The molecule has 54 heavy (non-hydrogen) atoms. The number of hydrogen-bond acceptors (Lipinski definition) is 0. The second-order valence-electron chi connectivity index (χ2n) is 16.4. The van der Waals surface area contributed by atoms with E-state index in [4.69, 9.17) is 0 Å². The Labute approximate surface area is 317 Å². The first-order valence-electron chi connectivity index (χ1n) is 19.3. The standard InChI is InChI=1S/C54H40/c1-53(2)48-30-34(45-32-46-37-19-14-15-25-47(37)54(3,4)52(46)44-24-13-8-18-36(44)45)26-28-38(48)39-29-27-35(31-49(39)53)51-42-22-11-9-20-40(42)50(33-16-6-5-7-17-33)41-21-10-12-23-43(41)51/h5-32H,1-4H3. The molecule has 2 aliphatic rings. The third-order valence-corrected chi connectivity index (χ3v) is 12.8. The molecular weight excluding hydrogens is 649 g/mol. The third-order valence-electron chi connectivity index (χ3n) is 12.8. The Hall–Kier alpha value is -6.24. The molecule has 0 saturated carbocycles. The van der Waals surface area contributed by atoms with Crippen molar-refractivity contribution in [3.05, 3.63) is 192 Å². The molecule has 0 aromatic heterocycles. The van der Waals surface area contributed by atoms with Gasteiger partial charge in [0.05, 0.1) is 0 Å². The highest BCUT2D eigenvalue weighted by molar-refractivity contribution is 6.21. The molecule has 256 valence electrons. The quantitative estimate of drug-likeness (QED) is 0.162. The van der Waals surface area contributed by atoms with Gasteiger partial charge in [0.25, 0.3) is 0 Å². The molecule has 0 spiro atoms. The molecule has 0 saturated heterocycles. The minimum Gasteiger partial charge on any atom is -0.0622 e. The molecule has 0 heteroatoms. The molecule has 2 aliphatic carbocycles. The van der Waals surface area contributed by atoms with Gasteiger partial charge in [0.2, 0.25) is 0 Å². The van der Waals surface area contributed by atoms with E-state index in [1.54, 1.807) is 0 Å². The van der Waals surface area contributed by atoms with Crippen LogP contribution in [0.4, 0.5) is 0 Å². The van der Waals surface area contributed by atoms with Crippen LogP contribution in [0.2, 0.25) is 0 Å². The largest absolute Gasteiger partial charge is 0.0622 e. The Kier molecular flexibility index (Phi) is 6.46. The molecule has 0 bridgehead atoms. The van der Waals surface area contributed by atoms with Crippen LogP contribution in [0.5, 0.6) is 0 Å². The molecule has 0 N–H and O–H groups in total. The summed E-state index contributed by atoms with van der Waals surface area (Å²) < 4.78 is 0. The lowest BCUT2D eigenvalue weighted by Crippen LogP contribution is -2.15. The molecule has 0 fully saturated rings. The molecule has 0 unspecified atom stereocenters. The van der Waals surface area contributed by atoms with E-state index in [-0.39, 0.29) is 10.8 Å². The lowest BCUT2D eigenvalue weighted by Gasteiger charge is -2.25. The average molecular weight is 689 g/mol. The fourth-order valence-electron chi connectivity index (χ4n) is 10.3. The van der Waals surface area contributed by atoms with Crippen molar-refractivity contribution in [1.82, 2.24) is 0 Å². The predicted molar refractivity (Wildman–Crippen MR) is 230 cm³/mol. The Balaban J connectivity index is 1.09. The Morgan fingerprint density at radius 2 is 0.741 bits per heavy atom. The van der Waals surface area contributed by atoms with E-state index in [1.165, 1.54) is 110 Å². The summed E-state index contributed by atoms with van der Waals surface area (Å²) in [7, 11) is 0. The van der Waals surface area contributed by atoms with E-state index < -0.39 is 0 Å². The van der Waals surface area contributed by atoms with Crippen LogP contribution < -0.4 is 0 Å². The molecule has 0 nitrogen and oxygen atoms in total. The molecule has 0 aliphatic heterocycles. The van der Waals surface area contributed by atoms with E-state index in [2.05, 4.69) is 198 Å². The summed E-state index contributed by atoms with van der Waals surface area (Å²) in [6, 6.07) is 63.8. The Morgan fingerprint density at radius 1 is 0.278 bits per heavy atom. The molecular formula is C54H40. The zero-order valence-corrected chi connectivity index (χ0v) is 31.2. The second-order valence-corrected chi connectivity index (χ2v) is 16.4. The van der Waals surface area contributed by atoms with Crippen molar-refractivity contribution in [2.75, 3.05) is 0 Å². The van der Waals surface area contributed by atoms with Crippen LogP contribution in [0.15, 0.2) is 170 Å². The van der Waals surface area contributed by atoms with Crippen molar-refractivity contribution in [3.63, 3.8) is 0 Å². The summed E-state index contributed by atoms with van der Waals surface area (Å²) in [5, 5.41) is 7.84. The minimum atomic E-state index is -0.173. The van der Waals surface area contributed by atoms with Crippen molar-refractivity contribution in [1.29, 1.82) is 0 Å². The van der Waals surface area contributed by atoms with Gasteiger partial charge in [-0.25, -0.2) is 0 Å². The molecule has 0 heterocycles. The SMILES string of the molecule is CC1(C)c2cc(-c3cc4c(c5ccccc35)C(C)(C)c3ccccc3-4)ccc2-c2ccc(-c3c4ccccc4c(-c4ccccc4)c4ccccc34)cc21. The monoisotopic (exact) mass is 688 g/mol. The van der Waals surface area contributed by atoms with Crippen LogP contribution in [0.3, 0.4) is 0 Å². The normalized spacial score (nSPS) is 14.6. The number of fused-ring (bicyclic) bond motifs is 10. The van der Waals surface area contributed by atoms with Gasteiger partial charge in [-0.3, -0.25) is 0 Å². The van der Waals surface area contributed by atoms with Crippen LogP contribution in [0.25, 0.3) is 88.0 Å². The van der Waals surface area contributed by atoms with Crippen molar-refractivity contribution < 1.29 is 0 Å². The zero-order chi connectivity index (χ0) is 36.3. The summed E-state index contributed by atoms with van der Waals surface area (Å²) in [6.45, 7) is 9.60. The van der Waals surface area contributed by atoms with E-state index in [9.17, 15) is 0 Å². The van der Waals surface area contributed by atoms with Crippen molar-refractivity contribution in [3.8, 4) is 55.6 Å². The maximum Gasteiger partial charge on any atom is 0.0165 e. The number of benzene rings is 9.